The Labute approximate surface area is 168 Å². The van der Waals surface area contributed by atoms with Crippen molar-refractivity contribution in [1.82, 2.24) is 14.8 Å². The number of anilines is 1. The monoisotopic (exact) mass is 422 g/mol. The van der Waals surface area contributed by atoms with Crippen LogP contribution in [0.1, 0.15) is 30.2 Å². The first kappa shape index (κ1) is 19.6. The summed E-state index contributed by atoms with van der Waals surface area (Å²) in [6.07, 6.45) is 0. The number of esters is 1. The van der Waals surface area contributed by atoms with Crippen molar-refractivity contribution in [1.29, 1.82) is 0 Å². The second-order valence-corrected chi connectivity index (χ2v) is 8.55. The fourth-order valence-electron chi connectivity index (χ4n) is 2.38. The van der Waals surface area contributed by atoms with Crippen LogP contribution in [-0.4, -0.2) is 39.5 Å². The van der Waals surface area contributed by atoms with Crippen LogP contribution in [0.4, 0.5) is 5.00 Å². The van der Waals surface area contributed by atoms with Gasteiger partial charge in [0, 0.05) is 6.04 Å². The van der Waals surface area contributed by atoms with E-state index in [0.717, 1.165) is 10.7 Å². The maximum atomic E-state index is 12.3. The zero-order valence-electron chi connectivity index (χ0n) is 15.0. The molecule has 27 heavy (non-hydrogen) atoms. The molecule has 3 aromatic heterocycles. The molecule has 3 rings (SSSR count). The molecule has 0 aliphatic rings. The summed E-state index contributed by atoms with van der Waals surface area (Å²) in [4.78, 5) is 25.1. The van der Waals surface area contributed by atoms with Gasteiger partial charge in [-0.2, -0.15) is 0 Å². The molecular weight excluding hydrogens is 404 g/mol. The van der Waals surface area contributed by atoms with E-state index in [4.69, 9.17) is 4.74 Å². The first-order valence-electron chi connectivity index (χ1n) is 8.08. The van der Waals surface area contributed by atoms with Gasteiger partial charge in [-0.05, 0) is 36.7 Å². The van der Waals surface area contributed by atoms with Crippen LogP contribution in [0, 0.1) is 0 Å². The quantitative estimate of drug-likeness (QED) is 0.454. The molecule has 10 heteroatoms. The Balaban J connectivity index is 1.69. The van der Waals surface area contributed by atoms with Crippen LogP contribution in [0.5, 0.6) is 0 Å². The molecule has 7 nitrogen and oxygen atoms in total. The third-order valence-electron chi connectivity index (χ3n) is 3.58. The van der Waals surface area contributed by atoms with E-state index in [1.54, 1.807) is 22.8 Å². The van der Waals surface area contributed by atoms with Gasteiger partial charge >= 0.3 is 5.97 Å². The van der Waals surface area contributed by atoms with Crippen LogP contribution in [-0.2, 0) is 9.53 Å². The standard InChI is InChI=1S/C17H18N4O3S3/c1-10(2)21-14(12-5-4-7-25-12)19-20-17(21)27-9-13(22)18-15-11(6-8-26-15)16(23)24-3/h4-8,10H,9H2,1-3H3,(H,18,22). The van der Waals surface area contributed by atoms with E-state index >= 15 is 0 Å². The lowest BCUT2D eigenvalue weighted by atomic mass is 10.3. The number of nitrogens with zero attached hydrogens (tertiary/aromatic N) is 3. The molecule has 0 fully saturated rings. The van der Waals surface area contributed by atoms with Crippen molar-refractivity contribution in [2.75, 3.05) is 18.2 Å². The number of thioether (sulfide) groups is 1. The van der Waals surface area contributed by atoms with Crippen LogP contribution in [0.15, 0.2) is 34.1 Å². The number of rotatable bonds is 7. The highest BCUT2D eigenvalue weighted by molar-refractivity contribution is 7.99. The normalized spacial score (nSPS) is 11.0. The summed E-state index contributed by atoms with van der Waals surface area (Å²) in [5.41, 5.74) is 0.353. The van der Waals surface area contributed by atoms with Gasteiger partial charge in [0.15, 0.2) is 11.0 Å². The van der Waals surface area contributed by atoms with Crippen molar-refractivity contribution in [2.24, 2.45) is 0 Å². The van der Waals surface area contributed by atoms with Crippen molar-refractivity contribution in [3.63, 3.8) is 0 Å². The topological polar surface area (TPSA) is 86.1 Å². The zero-order chi connectivity index (χ0) is 19.4. The molecule has 0 bridgehead atoms. The summed E-state index contributed by atoms with van der Waals surface area (Å²) in [6.45, 7) is 4.11. The van der Waals surface area contributed by atoms with Gasteiger partial charge in [-0.15, -0.1) is 32.9 Å². The van der Waals surface area contributed by atoms with E-state index in [0.29, 0.717) is 15.7 Å². The molecular formula is C17H18N4O3S3. The highest BCUT2D eigenvalue weighted by atomic mass is 32.2. The molecule has 1 amide bonds. The van der Waals surface area contributed by atoms with Crippen molar-refractivity contribution >= 4 is 51.3 Å². The van der Waals surface area contributed by atoms with Gasteiger partial charge in [0.2, 0.25) is 5.91 Å². The van der Waals surface area contributed by atoms with Crippen molar-refractivity contribution in [2.45, 2.75) is 25.0 Å². The van der Waals surface area contributed by atoms with E-state index in [2.05, 4.69) is 29.4 Å². The average molecular weight is 423 g/mol. The third kappa shape index (κ3) is 4.40. The molecule has 3 aromatic rings. The number of aromatic nitrogens is 3. The Morgan fingerprint density at radius 2 is 2.07 bits per heavy atom. The predicted molar refractivity (Wildman–Crippen MR) is 109 cm³/mol. The van der Waals surface area contributed by atoms with Gasteiger partial charge in [0.05, 0.1) is 23.3 Å². The molecule has 0 radical (unpaired) electrons. The van der Waals surface area contributed by atoms with Gasteiger partial charge in [-0.25, -0.2) is 4.79 Å². The minimum Gasteiger partial charge on any atom is -0.465 e. The molecule has 0 unspecified atom stereocenters. The summed E-state index contributed by atoms with van der Waals surface area (Å²) < 4.78 is 6.74. The second-order valence-electron chi connectivity index (χ2n) is 5.74. The fourth-order valence-corrected chi connectivity index (χ4v) is 4.75. The molecule has 0 atom stereocenters. The zero-order valence-corrected chi connectivity index (χ0v) is 17.4. The summed E-state index contributed by atoms with van der Waals surface area (Å²) in [7, 11) is 1.31. The van der Waals surface area contributed by atoms with E-state index in [9.17, 15) is 9.59 Å². The lowest BCUT2D eigenvalue weighted by Gasteiger charge is -2.12. The van der Waals surface area contributed by atoms with E-state index in [-0.39, 0.29) is 17.7 Å². The Morgan fingerprint density at radius 1 is 1.26 bits per heavy atom. The third-order valence-corrected chi connectivity index (χ3v) is 6.22. The first-order valence-corrected chi connectivity index (χ1v) is 10.8. The van der Waals surface area contributed by atoms with E-state index in [1.807, 2.05) is 22.1 Å². The first-order chi connectivity index (χ1) is 13.0. The summed E-state index contributed by atoms with van der Waals surface area (Å²) in [5.74, 6) is 0.269. The van der Waals surface area contributed by atoms with Gasteiger partial charge < -0.3 is 10.1 Å². The number of methoxy groups -OCH3 is 1. The fraction of sp³-hybridized carbons (Fsp3) is 0.294. The van der Waals surface area contributed by atoms with E-state index in [1.165, 1.54) is 30.2 Å². The Kier molecular flexibility index (Phi) is 6.30. The molecule has 142 valence electrons. The van der Waals surface area contributed by atoms with E-state index < -0.39 is 5.97 Å². The maximum absolute atomic E-state index is 12.3. The predicted octanol–water partition coefficient (Wildman–Crippen LogP) is 4.17. The number of nitrogens with one attached hydrogen (secondary N) is 1. The number of amides is 1. The molecule has 0 aliphatic carbocycles. The summed E-state index contributed by atoms with van der Waals surface area (Å²) in [6, 6.07) is 5.76. The van der Waals surface area contributed by atoms with Gasteiger partial charge in [0.25, 0.3) is 0 Å². The molecule has 1 N–H and O–H groups in total. The number of hydrogen-bond acceptors (Lipinski definition) is 8. The SMILES string of the molecule is COC(=O)c1ccsc1NC(=O)CSc1nnc(-c2cccs2)n1C(C)C. The van der Waals surface area contributed by atoms with Crippen LogP contribution in [0.2, 0.25) is 0 Å². The maximum Gasteiger partial charge on any atom is 0.340 e. The number of carbonyl (C=O) groups is 2. The number of carbonyl (C=O) groups excluding carboxylic acids is 2. The second kappa shape index (κ2) is 8.68. The summed E-state index contributed by atoms with van der Waals surface area (Å²) >= 11 is 4.19. The number of thiophene rings is 2. The minimum absolute atomic E-state index is 0.158. The Bertz CT molecular complexity index is 931. The van der Waals surface area contributed by atoms with Crippen molar-refractivity contribution in [3.8, 4) is 10.7 Å². The molecule has 3 heterocycles. The van der Waals surface area contributed by atoms with Crippen LogP contribution in [0.25, 0.3) is 10.7 Å². The molecule has 0 aromatic carbocycles. The molecule has 0 spiro atoms. The Hall–Kier alpha value is -2.17. The summed E-state index contributed by atoms with van der Waals surface area (Å²) in [5, 5.41) is 16.2. The number of hydrogen-bond donors (Lipinski definition) is 1. The Morgan fingerprint density at radius 3 is 2.74 bits per heavy atom. The van der Waals surface area contributed by atoms with Crippen LogP contribution < -0.4 is 5.32 Å². The smallest absolute Gasteiger partial charge is 0.340 e. The molecule has 0 saturated carbocycles. The lowest BCUT2D eigenvalue weighted by molar-refractivity contribution is -0.113. The highest BCUT2D eigenvalue weighted by Gasteiger charge is 2.19. The average Bonchev–Trinajstić information content (AvgIpc) is 3.38. The van der Waals surface area contributed by atoms with Crippen LogP contribution >= 0.6 is 34.4 Å². The number of ether oxygens (including phenoxy) is 1. The molecule has 0 saturated heterocycles. The van der Waals surface area contributed by atoms with Gasteiger partial charge in [0.1, 0.15) is 5.00 Å². The lowest BCUT2D eigenvalue weighted by Crippen LogP contribution is -2.16. The molecule has 0 aliphatic heterocycles. The van der Waals surface area contributed by atoms with Crippen molar-refractivity contribution < 1.29 is 14.3 Å². The van der Waals surface area contributed by atoms with Crippen LogP contribution in [0.3, 0.4) is 0 Å². The minimum atomic E-state index is -0.473. The van der Waals surface area contributed by atoms with Crippen molar-refractivity contribution in [3.05, 3.63) is 34.5 Å². The van der Waals surface area contributed by atoms with Gasteiger partial charge in [-0.3, -0.25) is 9.36 Å². The largest absolute Gasteiger partial charge is 0.465 e. The highest BCUT2D eigenvalue weighted by Crippen LogP contribution is 2.30. The van der Waals surface area contributed by atoms with Gasteiger partial charge in [-0.1, -0.05) is 17.8 Å².